The van der Waals surface area contributed by atoms with Gasteiger partial charge in [-0.25, -0.2) is 19.9 Å². The number of carbonyl (C=O) groups excluding carboxylic acids is 2. The van der Waals surface area contributed by atoms with Crippen LogP contribution in [0.5, 0.6) is 5.75 Å². The van der Waals surface area contributed by atoms with Crippen LogP contribution in [-0.4, -0.2) is 161 Å². The number of carbonyl (C=O) groups is 2. The van der Waals surface area contributed by atoms with Gasteiger partial charge in [0.2, 0.25) is 11.9 Å². The van der Waals surface area contributed by atoms with Crippen molar-refractivity contribution in [3.05, 3.63) is 106 Å². The summed E-state index contributed by atoms with van der Waals surface area (Å²) < 4.78 is 10.6. The molecule has 0 radical (unpaired) electrons. The molecule has 2 amide bonds. The molecule has 17 nitrogen and oxygen atoms in total. The Balaban J connectivity index is 0.000000163. The number of phenols is 1. The molecule has 19 heteroatoms. The minimum absolute atomic E-state index is 0.00799. The normalized spacial score (nSPS) is 17.3. The Labute approximate surface area is 412 Å². The number of ether oxygens (including phenoxy) is 2. The highest BCUT2D eigenvalue weighted by molar-refractivity contribution is 6.36. The van der Waals surface area contributed by atoms with Gasteiger partial charge in [0, 0.05) is 83.9 Å². The van der Waals surface area contributed by atoms with Crippen LogP contribution in [0.25, 0.3) is 21.8 Å². The van der Waals surface area contributed by atoms with Gasteiger partial charge in [0.05, 0.1) is 42.2 Å². The van der Waals surface area contributed by atoms with E-state index in [0.717, 1.165) is 53.9 Å². The fourth-order valence-electron chi connectivity index (χ4n) is 8.35. The van der Waals surface area contributed by atoms with Gasteiger partial charge < -0.3 is 55.9 Å². The largest absolute Gasteiger partial charge is 0.506 e. The monoisotopic (exact) mass is 978 g/mol. The molecule has 4 saturated heterocycles. The van der Waals surface area contributed by atoms with E-state index in [1.807, 2.05) is 41.3 Å². The van der Waals surface area contributed by atoms with Crippen molar-refractivity contribution in [1.29, 1.82) is 0 Å². The summed E-state index contributed by atoms with van der Waals surface area (Å²) in [4.78, 5) is 51.2. The van der Waals surface area contributed by atoms with Crippen molar-refractivity contribution in [3.63, 3.8) is 0 Å². The number of nitrogens with zero attached hydrogens (tertiary/aromatic N) is 8. The number of halogens is 2. The minimum Gasteiger partial charge on any atom is -0.506 e. The predicted molar refractivity (Wildman–Crippen MR) is 273 cm³/mol. The first-order chi connectivity index (χ1) is 33.5. The van der Waals surface area contributed by atoms with Gasteiger partial charge in [0.1, 0.15) is 16.8 Å². The van der Waals surface area contributed by atoms with Crippen molar-refractivity contribution in [3.8, 4) is 5.75 Å². The number of benzene rings is 4. The number of phenolic OH excluding ortho intramolecular Hbond substituents is 1. The van der Waals surface area contributed by atoms with Crippen molar-refractivity contribution in [1.82, 2.24) is 39.5 Å². The van der Waals surface area contributed by atoms with Gasteiger partial charge in [-0.1, -0.05) is 23.2 Å². The summed E-state index contributed by atoms with van der Waals surface area (Å²) in [6, 6.07) is 22.4. The second-order valence-electron chi connectivity index (χ2n) is 17.6. The molecule has 364 valence electrons. The molecule has 69 heavy (non-hydrogen) atoms. The van der Waals surface area contributed by atoms with Crippen LogP contribution in [0, 0.1) is 0 Å². The van der Waals surface area contributed by atoms with Crippen molar-refractivity contribution >= 4 is 85.8 Å². The maximum absolute atomic E-state index is 12.7. The Morgan fingerprint density at radius 3 is 1.52 bits per heavy atom. The summed E-state index contributed by atoms with van der Waals surface area (Å²) >= 11 is 12.5. The molecular weight excluding hydrogens is 920 g/mol. The molecule has 0 bridgehead atoms. The van der Waals surface area contributed by atoms with Crippen molar-refractivity contribution in [2.75, 3.05) is 109 Å². The van der Waals surface area contributed by atoms with Gasteiger partial charge in [-0.2, -0.15) is 0 Å². The Morgan fingerprint density at radius 2 is 1.04 bits per heavy atom. The van der Waals surface area contributed by atoms with Crippen LogP contribution in [0.1, 0.15) is 46.4 Å². The number of nitrogens with two attached hydrogens (primary N) is 1. The number of nitrogens with one attached hydrogen (secondary N) is 3. The summed E-state index contributed by atoms with van der Waals surface area (Å²) in [5.74, 6) is 0.856. The molecule has 10 rings (SSSR count). The first kappa shape index (κ1) is 49.5. The van der Waals surface area contributed by atoms with Gasteiger partial charge >= 0.3 is 0 Å². The standard InChI is InChI=1S/C25H29ClN6O2.C19H17ClN4O3.C6H14N2/c1-31-10-8-19(9-11-31)28-22-7-6-21(26)20-16-27-25(30-23(20)22)29-18-4-2-17(3-5-18)24(33)32-12-14-34-15-13-32;20-15-5-6-16(25)17-14(15)11-21-19(23-17)22-13-3-1-12(2-4-13)18(26)24-7-9-27-10-8-24;1-8-4-2-6(7)3-5-8/h2-7,16,19,28H,8-15H2,1H3,(H,27,29,30);1-6,11,25H,7-10H2,(H,21,22,23);6H,2-5,7H2,1H3. The molecule has 4 aliphatic heterocycles. The zero-order chi connectivity index (χ0) is 48.3. The first-order valence-electron chi connectivity index (χ1n) is 23.4. The number of rotatable bonds is 8. The lowest BCUT2D eigenvalue weighted by atomic mass is 10.0. The maximum atomic E-state index is 12.7. The lowest BCUT2D eigenvalue weighted by molar-refractivity contribution is 0.0301. The highest BCUT2D eigenvalue weighted by Gasteiger charge is 2.21. The Bertz CT molecular complexity index is 2660. The second kappa shape index (κ2) is 23.6. The SMILES string of the molecule is CN1CCC(N)CC1.CN1CCC(Nc2ccc(Cl)c3cnc(Nc4ccc(C(=O)N5CCOCC5)cc4)nc23)CC1.O=C(c1ccc(Nc2ncc3c(Cl)ccc(O)c3n2)cc1)N1CCOCC1. The van der Waals surface area contributed by atoms with Crippen LogP contribution >= 0.6 is 23.2 Å². The molecule has 0 atom stereocenters. The summed E-state index contributed by atoms with van der Waals surface area (Å²) in [5.41, 5.74) is 10.6. The number of piperidine rings is 2. The Kier molecular flexibility index (Phi) is 16.9. The third-order valence-electron chi connectivity index (χ3n) is 12.6. The topological polar surface area (TPSA) is 199 Å². The number of aromatic nitrogens is 4. The molecule has 4 fully saturated rings. The van der Waals surface area contributed by atoms with E-state index in [0.29, 0.717) is 109 Å². The van der Waals surface area contributed by atoms with E-state index in [4.69, 9.17) is 43.4 Å². The average molecular weight is 980 g/mol. The van der Waals surface area contributed by atoms with E-state index in [1.165, 1.54) is 32.0 Å². The van der Waals surface area contributed by atoms with Gasteiger partial charge in [0.15, 0.2) is 0 Å². The number of amides is 2. The smallest absolute Gasteiger partial charge is 0.254 e. The van der Waals surface area contributed by atoms with E-state index in [1.54, 1.807) is 47.6 Å². The zero-order valence-electron chi connectivity index (χ0n) is 39.0. The summed E-state index contributed by atoms with van der Waals surface area (Å²) in [6.45, 7) is 9.30. The van der Waals surface area contributed by atoms with Crippen LogP contribution < -0.4 is 21.7 Å². The molecule has 0 spiro atoms. The molecule has 0 unspecified atom stereocenters. The quantitative estimate of drug-likeness (QED) is 0.102. The molecule has 6 heterocycles. The number of hydrogen-bond acceptors (Lipinski definition) is 15. The third kappa shape index (κ3) is 13.2. The van der Waals surface area contributed by atoms with Gasteiger partial charge in [-0.05, 0) is 139 Å². The molecule has 0 aliphatic carbocycles. The highest BCUT2D eigenvalue weighted by atomic mass is 35.5. The predicted octanol–water partition coefficient (Wildman–Crippen LogP) is 7.25. The average Bonchev–Trinajstić information content (AvgIpc) is 3.38. The van der Waals surface area contributed by atoms with Crippen LogP contribution in [0.2, 0.25) is 10.0 Å². The third-order valence-corrected chi connectivity index (χ3v) is 13.2. The lowest BCUT2D eigenvalue weighted by Crippen LogP contribution is -2.40. The summed E-state index contributed by atoms with van der Waals surface area (Å²) in [7, 11) is 4.30. The number of fused-ring (bicyclic) bond motifs is 2. The molecule has 4 aliphatic rings. The molecule has 6 aromatic rings. The fraction of sp³-hybridized carbons (Fsp3) is 0.400. The van der Waals surface area contributed by atoms with Gasteiger partial charge in [-0.15, -0.1) is 0 Å². The van der Waals surface area contributed by atoms with E-state index >= 15 is 0 Å². The number of anilines is 5. The second-order valence-corrected chi connectivity index (χ2v) is 18.5. The number of aromatic hydroxyl groups is 1. The van der Waals surface area contributed by atoms with E-state index in [2.05, 4.69) is 54.8 Å². The summed E-state index contributed by atoms with van der Waals surface area (Å²) in [6.07, 6.45) is 7.85. The van der Waals surface area contributed by atoms with Crippen LogP contribution in [-0.2, 0) is 9.47 Å². The number of hydrogen-bond donors (Lipinski definition) is 5. The van der Waals surface area contributed by atoms with Gasteiger partial charge in [-0.3, -0.25) is 9.59 Å². The molecule has 6 N–H and O–H groups in total. The van der Waals surface area contributed by atoms with E-state index in [-0.39, 0.29) is 17.6 Å². The van der Waals surface area contributed by atoms with Crippen LogP contribution in [0.3, 0.4) is 0 Å². The van der Waals surface area contributed by atoms with Crippen LogP contribution in [0.4, 0.5) is 29.0 Å². The Hall–Kier alpha value is -5.92. The number of morpholine rings is 2. The minimum atomic E-state index is -0.00799. The Morgan fingerprint density at radius 1 is 0.609 bits per heavy atom. The molecule has 4 aromatic carbocycles. The number of likely N-dealkylation sites (tertiary alicyclic amines) is 2. The maximum Gasteiger partial charge on any atom is 0.254 e. The highest BCUT2D eigenvalue weighted by Crippen LogP contribution is 2.32. The van der Waals surface area contributed by atoms with E-state index in [9.17, 15) is 14.7 Å². The van der Waals surface area contributed by atoms with E-state index < -0.39 is 0 Å². The van der Waals surface area contributed by atoms with Crippen molar-refractivity contribution in [2.24, 2.45) is 5.73 Å². The lowest BCUT2D eigenvalue weighted by Gasteiger charge is -2.30. The molecule has 0 saturated carbocycles. The molecule has 2 aromatic heterocycles. The zero-order valence-corrected chi connectivity index (χ0v) is 40.6. The van der Waals surface area contributed by atoms with Crippen LogP contribution in [0.15, 0.2) is 85.2 Å². The first-order valence-corrected chi connectivity index (χ1v) is 24.2. The summed E-state index contributed by atoms with van der Waals surface area (Å²) in [5, 5.41) is 22.5. The van der Waals surface area contributed by atoms with Crippen molar-refractivity contribution in [2.45, 2.75) is 37.8 Å². The van der Waals surface area contributed by atoms with Crippen molar-refractivity contribution < 1.29 is 24.2 Å². The fourth-order valence-corrected chi connectivity index (χ4v) is 8.75. The molecular formula is C50H60Cl2N12O5. The van der Waals surface area contributed by atoms with Gasteiger partial charge in [0.25, 0.3) is 11.8 Å².